The number of morpholine rings is 1. The van der Waals surface area contributed by atoms with Crippen molar-refractivity contribution in [2.24, 2.45) is 0 Å². The number of aromatic nitrogens is 3. The second-order valence-electron chi connectivity index (χ2n) is 7.29. The molecule has 0 aliphatic carbocycles. The molecule has 4 aromatic rings. The Morgan fingerprint density at radius 1 is 1.00 bits per heavy atom. The van der Waals surface area contributed by atoms with Crippen molar-refractivity contribution in [3.63, 3.8) is 0 Å². The smallest absolute Gasteiger partial charge is 0.144 e. The summed E-state index contributed by atoms with van der Waals surface area (Å²) >= 11 is 9.38. The predicted octanol–water partition coefficient (Wildman–Crippen LogP) is 5.53. The lowest BCUT2D eigenvalue weighted by atomic mass is 10.2. The van der Waals surface area contributed by atoms with Gasteiger partial charge >= 0.3 is 0 Å². The van der Waals surface area contributed by atoms with E-state index in [2.05, 4.69) is 22.4 Å². The third kappa shape index (κ3) is 5.07. The van der Waals surface area contributed by atoms with Crippen LogP contribution in [0.3, 0.4) is 0 Å². The normalized spacial score (nSPS) is 14.9. The van der Waals surface area contributed by atoms with Crippen molar-refractivity contribution in [2.75, 3.05) is 26.3 Å². The molecular weight excluding hydrogens is 448 g/mol. The highest BCUT2D eigenvalue weighted by Crippen LogP contribution is 2.31. The van der Waals surface area contributed by atoms with Gasteiger partial charge in [-0.1, -0.05) is 53.7 Å². The van der Waals surface area contributed by atoms with Gasteiger partial charge in [0.1, 0.15) is 15.9 Å². The van der Waals surface area contributed by atoms with Gasteiger partial charge in [0.15, 0.2) is 0 Å². The summed E-state index contributed by atoms with van der Waals surface area (Å²) in [6.07, 6.45) is 0. The van der Waals surface area contributed by atoms with Crippen molar-refractivity contribution in [1.29, 1.82) is 0 Å². The Hall–Kier alpha value is -2.03. The van der Waals surface area contributed by atoms with Crippen LogP contribution < -0.4 is 0 Å². The zero-order chi connectivity index (χ0) is 21.0. The van der Waals surface area contributed by atoms with Crippen molar-refractivity contribution < 1.29 is 4.74 Å². The summed E-state index contributed by atoms with van der Waals surface area (Å²) in [5.41, 5.74) is 3.13. The molecule has 3 heterocycles. The van der Waals surface area contributed by atoms with Crippen molar-refractivity contribution in [3.05, 3.63) is 70.5 Å². The number of benzene rings is 2. The summed E-state index contributed by atoms with van der Waals surface area (Å²) in [4.78, 5) is 16.9. The van der Waals surface area contributed by atoms with Crippen LogP contribution in [0.15, 0.2) is 58.9 Å². The fourth-order valence-corrected chi connectivity index (χ4v) is 5.46. The number of thioether (sulfide) groups is 1. The Morgan fingerprint density at radius 2 is 1.81 bits per heavy atom. The van der Waals surface area contributed by atoms with Crippen LogP contribution in [0.5, 0.6) is 0 Å². The van der Waals surface area contributed by atoms with Crippen LogP contribution in [-0.2, 0) is 17.0 Å². The molecule has 1 aliphatic heterocycles. The average Bonchev–Trinajstić information content (AvgIpc) is 3.28. The molecule has 2 aromatic heterocycles. The van der Waals surface area contributed by atoms with E-state index >= 15 is 0 Å². The van der Waals surface area contributed by atoms with Crippen molar-refractivity contribution in [3.8, 4) is 10.6 Å². The van der Waals surface area contributed by atoms with E-state index in [1.807, 2.05) is 36.4 Å². The maximum absolute atomic E-state index is 6.00. The van der Waals surface area contributed by atoms with Gasteiger partial charge in [-0.25, -0.2) is 15.0 Å². The van der Waals surface area contributed by atoms with E-state index in [9.17, 15) is 0 Å². The number of thiazole rings is 1. The van der Waals surface area contributed by atoms with Gasteiger partial charge in [-0.15, -0.1) is 11.3 Å². The number of para-hydroxylation sites is 1. The standard InChI is InChI=1S/C23H21ClN4OS2/c24-17-7-5-16(6-8-17)22-25-18(14-30-22)15-31-23-19-3-1-2-4-20(19)26-21(27-23)13-28-9-11-29-12-10-28/h1-8,14H,9-13,15H2. The summed E-state index contributed by atoms with van der Waals surface area (Å²) in [5, 5.41) is 5.96. The molecule has 5 nitrogen and oxygen atoms in total. The number of fused-ring (bicyclic) bond motifs is 1. The molecule has 0 amide bonds. The molecule has 0 unspecified atom stereocenters. The lowest BCUT2D eigenvalue weighted by Crippen LogP contribution is -2.36. The fourth-order valence-electron chi connectivity index (χ4n) is 3.47. The molecule has 0 atom stereocenters. The van der Waals surface area contributed by atoms with Crippen molar-refractivity contribution >= 4 is 45.6 Å². The molecule has 0 bridgehead atoms. The van der Waals surface area contributed by atoms with Gasteiger partial charge in [0.2, 0.25) is 0 Å². The molecule has 0 saturated carbocycles. The van der Waals surface area contributed by atoms with Gasteiger partial charge in [-0.2, -0.15) is 0 Å². The fraction of sp³-hybridized carbons (Fsp3) is 0.261. The summed E-state index contributed by atoms with van der Waals surface area (Å²) in [7, 11) is 0. The van der Waals surface area contributed by atoms with Crippen LogP contribution >= 0.6 is 34.7 Å². The predicted molar refractivity (Wildman–Crippen MR) is 128 cm³/mol. The number of hydrogen-bond acceptors (Lipinski definition) is 7. The highest BCUT2D eigenvalue weighted by molar-refractivity contribution is 7.98. The van der Waals surface area contributed by atoms with Gasteiger partial charge in [0.25, 0.3) is 0 Å². The second-order valence-corrected chi connectivity index (χ2v) is 9.55. The van der Waals surface area contributed by atoms with Gasteiger partial charge < -0.3 is 4.74 Å². The molecule has 0 radical (unpaired) electrons. The zero-order valence-electron chi connectivity index (χ0n) is 16.8. The lowest BCUT2D eigenvalue weighted by Gasteiger charge is -2.25. The first kappa shape index (κ1) is 20.8. The summed E-state index contributed by atoms with van der Waals surface area (Å²) in [5.74, 6) is 1.63. The molecular formula is C23H21ClN4OS2. The first-order valence-corrected chi connectivity index (χ1v) is 12.4. The Kier molecular flexibility index (Phi) is 6.47. The molecule has 8 heteroatoms. The average molecular weight is 469 g/mol. The van der Waals surface area contributed by atoms with Crippen LogP contribution in [-0.4, -0.2) is 46.2 Å². The van der Waals surface area contributed by atoms with Crippen molar-refractivity contribution in [2.45, 2.75) is 17.3 Å². The number of rotatable bonds is 6. The SMILES string of the molecule is Clc1ccc(-c2nc(CSc3nc(CN4CCOCC4)nc4ccccc34)cs2)cc1. The third-order valence-corrected chi connectivity index (χ3v) is 7.30. The molecule has 31 heavy (non-hydrogen) atoms. The molecule has 0 spiro atoms. The Labute approximate surface area is 194 Å². The van der Waals surface area contributed by atoms with Crippen LogP contribution in [0, 0.1) is 0 Å². The molecule has 158 valence electrons. The van der Waals surface area contributed by atoms with Crippen LogP contribution in [0.1, 0.15) is 11.5 Å². The van der Waals surface area contributed by atoms with Gasteiger partial charge in [0.05, 0.1) is 31.0 Å². The Balaban J connectivity index is 1.35. The highest BCUT2D eigenvalue weighted by atomic mass is 35.5. The van der Waals surface area contributed by atoms with E-state index in [4.69, 9.17) is 31.3 Å². The van der Waals surface area contributed by atoms with Gasteiger partial charge in [-0.3, -0.25) is 4.90 Å². The van der Waals surface area contributed by atoms with E-state index in [-0.39, 0.29) is 0 Å². The first-order chi connectivity index (χ1) is 15.2. The minimum atomic E-state index is 0.736. The molecule has 1 fully saturated rings. The third-order valence-electron chi connectivity index (χ3n) is 5.08. The van der Waals surface area contributed by atoms with Crippen molar-refractivity contribution in [1.82, 2.24) is 19.9 Å². The topological polar surface area (TPSA) is 51.1 Å². The Morgan fingerprint density at radius 3 is 2.65 bits per heavy atom. The lowest BCUT2D eigenvalue weighted by molar-refractivity contribution is 0.0330. The molecule has 1 saturated heterocycles. The second kappa shape index (κ2) is 9.63. The molecule has 0 N–H and O–H groups in total. The van der Waals surface area contributed by atoms with E-state index in [1.54, 1.807) is 23.1 Å². The Bertz CT molecular complexity index is 1180. The molecule has 5 rings (SSSR count). The summed E-state index contributed by atoms with van der Waals surface area (Å²) < 4.78 is 5.46. The van der Waals surface area contributed by atoms with Crippen LogP contribution in [0.25, 0.3) is 21.5 Å². The summed E-state index contributed by atoms with van der Waals surface area (Å²) in [6, 6.07) is 16.0. The maximum Gasteiger partial charge on any atom is 0.144 e. The van der Waals surface area contributed by atoms with E-state index < -0.39 is 0 Å². The van der Waals surface area contributed by atoms with E-state index in [0.29, 0.717) is 0 Å². The van der Waals surface area contributed by atoms with E-state index in [1.165, 1.54) is 0 Å². The number of hydrogen-bond donors (Lipinski definition) is 0. The van der Waals surface area contributed by atoms with E-state index in [0.717, 1.165) is 81.6 Å². The molecule has 1 aliphatic rings. The van der Waals surface area contributed by atoms with Gasteiger partial charge in [0, 0.05) is 40.2 Å². The minimum Gasteiger partial charge on any atom is -0.379 e. The zero-order valence-corrected chi connectivity index (χ0v) is 19.2. The minimum absolute atomic E-state index is 0.736. The van der Waals surface area contributed by atoms with Crippen LogP contribution in [0.4, 0.5) is 0 Å². The quantitative estimate of drug-likeness (QED) is 0.274. The number of ether oxygens (including phenoxy) is 1. The van der Waals surface area contributed by atoms with Gasteiger partial charge in [-0.05, 0) is 18.2 Å². The first-order valence-electron chi connectivity index (χ1n) is 10.1. The maximum atomic E-state index is 6.00. The largest absolute Gasteiger partial charge is 0.379 e. The monoisotopic (exact) mass is 468 g/mol. The summed E-state index contributed by atoms with van der Waals surface area (Å²) in [6.45, 7) is 4.14. The number of halogens is 1. The molecule has 2 aromatic carbocycles. The van der Waals surface area contributed by atoms with Crippen LogP contribution in [0.2, 0.25) is 5.02 Å². The highest BCUT2D eigenvalue weighted by Gasteiger charge is 2.15. The number of nitrogens with zero attached hydrogens (tertiary/aromatic N) is 4.